The van der Waals surface area contributed by atoms with Crippen molar-refractivity contribution in [3.8, 4) is 0 Å². The van der Waals surface area contributed by atoms with Gasteiger partial charge >= 0.3 is 0 Å². The standard InChI is InChI=1S/C31H65N/c1-5-7-9-11-13-15-17-19-21-23-25-27-29-31(32(3)4)30-28-26-24-22-20-18-16-14-12-10-8-6-2/h31H,5-30H2,1-4H3. The van der Waals surface area contributed by atoms with E-state index in [0.29, 0.717) is 0 Å². The SMILES string of the molecule is CCCCCCCCCCCCCCC(CCCCCCCCCCCCCC)N(C)C. The molecule has 0 atom stereocenters. The maximum Gasteiger partial charge on any atom is 0.00891 e. The van der Waals surface area contributed by atoms with E-state index in [2.05, 4.69) is 32.8 Å². The fourth-order valence-corrected chi connectivity index (χ4v) is 5.10. The monoisotopic (exact) mass is 452 g/mol. The molecule has 0 radical (unpaired) electrons. The number of hydrogen-bond donors (Lipinski definition) is 0. The molecule has 0 aliphatic heterocycles. The van der Waals surface area contributed by atoms with Crippen LogP contribution in [0.2, 0.25) is 0 Å². The molecule has 0 aromatic carbocycles. The first-order chi connectivity index (χ1) is 15.7. The largest absolute Gasteiger partial charge is 0.306 e. The van der Waals surface area contributed by atoms with Crippen LogP contribution in [0.3, 0.4) is 0 Å². The molecule has 0 bridgehead atoms. The highest BCUT2D eigenvalue weighted by atomic mass is 15.1. The molecule has 0 amide bonds. The molecule has 0 unspecified atom stereocenters. The van der Waals surface area contributed by atoms with Gasteiger partial charge in [0.05, 0.1) is 0 Å². The van der Waals surface area contributed by atoms with Crippen molar-refractivity contribution < 1.29 is 0 Å². The summed E-state index contributed by atoms with van der Waals surface area (Å²) in [6.07, 6.45) is 37.8. The Bertz CT molecular complexity index is 296. The normalized spacial score (nSPS) is 11.8. The molecule has 0 saturated carbocycles. The van der Waals surface area contributed by atoms with Gasteiger partial charge in [0.2, 0.25) is 0 Å². The Morgan fingerprint density at radius 3 is 0.781 bits per heavy atom. The lowest BCUT2D eigenvalue weighted by atomic mass is 9.99. The van der Waals surface area contributed by atoms with Crippen molar-refractivity contribution in [3.63, 3.8) is 0 Å². The summed E-state index contributed by atoms with van der Waals surface area (Å²) in [7, 11) is 4.59. The fraction of sp³-hybridized carbons (Fsp3) is 1.00. The first-order valence-electron chi connectivity index (χ1n) is 15.4. The van der Waals surface area contributed by atoms with Gasteiger partial charge in [0.15, 0.2) is 0 Å². The molecule has 0 N–H and O–H groups in total. The molecule has 0 aromatic heterocycles. The third kappa shape index (κ3) is 24.6. The maximum atomic E-state index is 2.50. The van der Waals surface area contributed by atoms with E-state index in [1.807, 2.05) is 0 Å². The van der Waals surface area contributed by atoms with Crippen molar-refractivity contribution in [1.82, 2.24) is 4.90 Å². The Hall–Kier alpha value is -0.0400. The van der Waals surface area contributed by atoms with Gasteiger partial charge in [0, 0.05) is 6.04 Å². The van der Waals surface area contributed by atoms with Crippen LogP contribution in [0.25, 0.3) is 0 Å². The lowest BCUT2D eigenvalue weighted by molar-refractivity contribution is 0.251. The van der Waals surface area contributed by atoms with Crippen LogP contribution in [0.15, 0.2) is 0 Å². The van der Waals surface area contributed by atoms with Crippen molar-refractivity contribution in [2.45, 2.75) is 187 Å². The number of rotatable bonds is 27. The summed E-state index contributed by atoms with van der Waals surface area (Å²) in [6.45, 7) is 4.61. The summed E-state index contributed by atoms with van der Waals surface area (Å²) in [5.41, 5.74) is 0. The first-order valence-corrected chi connectivity index (χ1v) is 15.4. The average Bonchev–Trinajstić information content (AvgIpc) is 2.78. The van der Waals surface area contributed by atoms with Gasteiger partial charge in [-0.3, -0.25) is 0 Å². The molecule has 0 heterocycles. The zero-order valence-electron chi connectivity index (χ0n) is 23.4. The Morgan fingerprint density at radius 2 is 0.562 bits per heavy atom. The molecule has 1 heteroatoms. The minimum atomic E-state index is 0.821. The second kappa shape index (κ2) is 27.2. The van der Waals surface area contributed by atoms with Crippen molar-refractivity contribution in [2.75, 3.05) is 14.1 Å². The summed E-state index contributed by atoms with van der Waals surface area (Å²) in [5, 5.41) is 0. The topological polar surface area (TPSA) is 3.24 Å². The number of nitrogens with zero attached hydrogens (tertiary/aromatic N) is 1. The van der Waals surface area contributed by atoms with Gasteiger partial charge < -0.3 is 4.90 Å². The van der Waals surface area contributed by atoms with Gasteiger partial charge in [-0.15, -0.1) is 0 Å². The van der Waals surface area contributed by atoms with Crippen LogP contribution in [0.5, 0.6) is 0 Å². The Balaban J connectivity index is 3.41. The molecular formula is C31H65N. The van der Waals surface area contributed by atoms with Crippen molar-refractivity contribution in [1.29, 1.82) is 0 Å². The smallest absolute Gasteiger partial charge is 0.00891 e. The zero-order chi connectivity index (χ0) is 23.5. The average molecular weight is 452 g/mol. The van der Waals surface area contributed by atoms with E-state index in [0.717, 1.165) is 6.04 Å². The quantitative estimate of drug-likeness (QED) is 0.112. The molecule has 1 nitrogen and oxygen atoms in total. The second-order valence-corrected chi connectivity index (χ2v) is 11.0. The highest BCUT2D eigenvalue weighted by Crippen LogP contribution is 2.18. The maximum absolute atomic E-state index is 2.50. The molecule has 0 rings (SSSR count). The van der Waals surface area contributed by atoms with Gasteiger partial charge in [0.25, 0.3) is 0 Å². The van der Waals surface area contributed by atoms with E-state index in [4.69, 9.17) is 0 Å². The van der Waals surface area contributed by atoms with Crippen LogP contribution in [-0.4, -0.2) is 25.0 Å². The van der Waals surface area contributed by atoms with Gasteiger partial charge in [-0.05, 0) is 26.9 Å². The summed E-state index contributed by atoms with van der Waals surface area (Å²) in [5.74, 6) is 0. The molecule has 0 fully saturated rings. The van der Waals surface area contributed by atoms with E-state index < -0.39 is 0 Å². The number of hydrogen-bond acceptors (Lipinski definition) is 1. The molecule has 0 aromatic rings. The lowest BCUT2D eigenvalue weighted by Crippen LogP contribution is -2.27. The Kier molecular flexibility index (Phi) is 27.2. The fourth-order valence-electron chi connectivity index (χ4n) is 5.10. The zero-order valence-corrected chi connectivity index (χ0v) is 23.4. The molecule has 0 aliphatic carbocycles. The van der Waals surface area contributed by atoms with Crippen molar-refractivity contribution >= 4 is 0 Å². The summed E-state index contributed by atoms with van der Waals surface area (Å²) >= 11 is 0. The van der Waals surface area contributed by atoms with Gasteiger partial charge in [-0.2, -0.15) is 0 Å². The van der Waals surface area contributed by atoms with Crippen LogP contribution in [0, 0.1) is 0 Å². The molecule has 0 aliphatic rings. The number of unbranched alkanes of at least 4 members (excludes halogenated alkanes) is 22. The summed E-state index contributed by atoms with van der Waals surface area (Å²) in [6, 6.07) is 0.821. The predicted octanol–water partition coefficient (Wildman–Crippen LogP) is 11.1. The third-order valence-corrected chi connectivity index (χ3v) is 7.51. The molecule has 194 valence electrons. The highest BCUT2D eigenvalue weighted by molar-refractivity contribution is 4.67. The molecule has 32 heavy (non-hydrogen) atoms. The lowest BCUT2D eigenvalue weighted by Gasteiger charge is -2.24. The van der Waals surface area contributed by atoms with E-state index in [-0.39, 0.29) is 0 Å². The minimum Gasteiger partial charge on any atom is -0.306 e. The van der Waals surface area contributed by atoms with Gasteiger partial charge in [-0.25, -0.2) is 0 Å². The van der Waals surface area contributed by atoms with Crippen LogP contribution < -0.4 is 0 Å². The Labute approximate surface area is 205 Å². The van der Waals surface area contributed by atoms with Gasteiger partial charge in [0.1, 0.15) is 0 Å². The molecule has 0 spiro atoms. The van der Waals surface area contributed by atoms with Crippen LogP contribution in [-0.2, 0) is 0 Å². The first kappa shape index (κ1) is 32.0. The summed E-state index contributed by atoms with van der Waals surface area (Å²) in [4.78, 5) is 2.50. The second-order valence-electron chi connectivity index (χ2n) is 11.0. The van der Waals surface area contributed by atoms with Crippen LogP contribution in [0.4, 0.5) is 0 Å². The van der Waals surface area contributed by atoms with E-state index >= 15 is 0 Å². The Morgan fingerprint density at radius 1 is 0.344 bits per heavy atom. The predicted molar refractivity (Wildman–Crippen MR) is 149 cm³/mol. The van der Waals surface area contributed by atoms with E-state index in [1.165, 1.54) is 167 Å². The van der Waals surface area contributed by atoms with Gasteiger partial charge in [-0.1, -0.05) is 168 Å². The van der Waals surface area contributed by atoms with E-state index in [9.17, 15) is 0 Å². The van der Waals surface area contributed by atoms with Crippen LogP contribution >= 0.6 is 0 Å². The van der Waals surface area contributed by atoms with Crippen molar-refractivity contribution in [3.05, 3.63) is 0 Å². The minimum absolute atomic E-state index is 0.821. The molecular weight excluding hydrogens is 386 g/mol. The third-order valence-electron chi connectivity index (χ3n) is 7.51. The van der Waals surface area contributed by atoms with Crippen molar-refractivity contribution in [2.24, 2.45) is 0 Å². The summed E-state index contributed by atoms with van der Waals surface area (Å²) < 4.78 is 0. The highest BCUT2D eigenvalue weighted by Gasteiger charge is 2.10. The van der Waals surface area contributed by atoms with E-state index in [1.54, 1.807) is 0 Å². The van der Waals surface area contributed by atoms with Crippen LogP contribution in [0.1, 0.15) is 181 Å². The molecule has 0 saturated heterocycles.